The van der Waals surface area contributed by atoms with Crippen molar-refractivity contribution in [1.82, 2.24) is 15.0 Å². The molecule has 0 amide bonds. The zero-order valence-corrected chi connectivity index (χ0v) is 12.6. The second-order valence-electron chi connectivity index (χ2n) is 5.50. The first-order valence-electron chi connectivity index (χ1n) is 7.25. The molecule has 0 radical (unpaired) electrons. The largest absolute Gasteiger partial charge is 0.334 e. The molecule has 0 aliphatic carbocycles. The lowest BCUT2D eigenvalue weighted by molar-refractivity contribution is 0.166. The predicted molar refractivity (Wildman–Crippen MR) is 81.8 cm³/mol. The van der Waals surface area contributed by atoms with Crippen LogP contribution >= 0.6 is 11.6 Å². The van der Waals surface area contributed by atoms with Crippen LogP contribution in [0.4, 0.5) is 0 Å². The molecule has 0 bridgehead atoms. The van der Waals surface area contributed by atoms with Gasteiger partial charge in [-0.25, -0.2) is 0 Å². The molecule has 1 saturated heterocycles. The third kappa shape index (κ3) is 3.61. The summed E-state index contributed by atoms with van der Waals surface area (Å²) in [5.41, 5.74) is 6.65. The minimum atomic E-state index is 0.536. The summed E-state index contributed by atoms with van der Waals surface area (Å²) in [4.78, 5) is 6.81. The number of aromatic nitrogens is 2. The Kier molecular flexibility index (Phi) is 4.53. The first-order valence-corrected chi connectivity index (χ1v) is 7.63. The van der Waals surface area contributed by atoms with Gasteiger partial charge in [-0.1, -0.05) is 16.8 Å². The van der Waals surface area contributed by atoms with Gasteiger partial charge in [0.05, 0.1) is 6.54 Å². The lowest BCUT2D eigenvalue weighted by atomic mass is 9.98. The predicted octanol–water partition coefficient (Wildman–Crippen LogP) is 2.56. The molecule has 1 aliphatic heterocycles. The Morgan fingerprint density at radius 3 is 2.90 bits per heavy atom. The fourth-order valence-corrected chi connectivity index (χ4v) is 2.84. The molecule has 1 aromatic carbocycles. The molecule has 0 saturated carbocycles. The van der Waals surface area contributed by atoms with E-state index in [9.17, 15) is 0 Å². The summed E-state index contributed by atoms with van der Waals surface area (Å²) < 4.78 is 5.33. The molecule has 1 atom stereocenters. The third-order valence-corrected chi connectivity index (χ3v) is 4.11. The van der Waals surface area contributed by atoms with Crippen LogP contribution in [0.2, 0.25) is 5.02 Å². The van der Waals surface area contributed by atoms with Gasteiger partial charge in [0, 0.05) is 17.1 Å². The van der Waals surface area contributed by atoms with E-state index >= 15 is 0 Å². The van der Waals surface area contributed by atoms with Crippen molar-refractivity contribution in [1.29, 1.82) is 0 Å². The van der Waals surface area contributed by atoms with E-state index in [2.05, 4.69) is 15.0 Å². The van der Waals surface area contributed by atoms with Gasteiger partial charge < -0.3 is 10.3 Å². The van der Waals surface area contributed by atoms with Crippen LogP contribution in [0.3, 0.4) is 0 Å². The van der Waals surface area contributed by atoms with Crippen molar-refractivity contribution in [2.45, 2.75) is 19.4 Å². The summed E-state index contributed by atoms with van der Waals surface area (Å²) >= 11 is 5.88. The Bertz CT molecular complexity index is 584. The average molecular weight is 307 g/mol. The molecule has 1 aromatic heterocycles. The van der Waals surface area contributed by atoms with Crippen LogP contribution in [0.5, 0.6) is 0 Å². The van der Waals surface area contributed by atoms with E-state index in [1.165, 1.54) is 12.8 Å². The monoisotopic (exact) mass is 306 g/mol. The zero-order chi connectivity index (χ0) is 14.7. The second kappa shape index (κ2) is 6.56. The molecule has 2 aromatic rings. The fraction of sp³-hybridized carbons (Fsp3) is 0.467. The van der Waals surface area contributed by atoms with Gasteiger partial charge in [0.2, 0.25) is 0 Å². The topological polar surface area (TPSA) is 68.2 Å². The molecule has 112 valence electrons. The zero-order valence-electron chi connectivity index (χ0n) is 11.8. The van der Waals surface area contributed by atoms with Crippen molar-refractivity contribution >= 4 is 11.6 Å². The van der Waals surface area contributed by atoms with E-state index < -0.39 is 0 Å². The molecule has 5 nitrogen and oxygen atoms in total. The van der Waals surface area contributed by atoms with Gasteiger partial charge in [-0.15, -0.1) is 0 Å². The molecule has 1 aliphatic rings. The van der Waals surface area contributed by atoms with Crippen molar-refractivity contribution in [2.75, 3.05) is 19.6 Å². The average Bonchev–Trinajstić information content (AvgIpc) is 2.96. The highest BCUT2D eigenvalue weighted by Crippen LogP contribution is 2.21. The lowest BCUT2D eigenvalue weighted by Gasteiger charge is -2.30. The van der Waals surface area contributed by atoms with Gasteiger partial charge in [0.25, 0.3) is 5.89 Å². The van der Waals surface area contributed by atoms with Crippen LogP contribution in [0.25, 0.3) is 11.5 Å². The highest BCUT2D eigenvalue weighted by Gasteiger charge is 2.20. The molecule has 2 N–H and O–H groups in total. The molecule has 21 heavy (non-hydrogen) atoms. The molecular weight excluding hydrogens is 288 g/mol. The molecule has 3 rings (SSSR count). The van der Waals surface area contributed by atoms with Gasteiger partial charge in [-0.05, 0) is 56.1 Å². The summed E-state index contributed by atoms with van der Waals surface area (Å²) in [6, 6.07) is 7.39. The minimum Gasteiger partial charge on any atom is -0.334 e. The number of nitrogens with two attached hydrogens (primary N) is 1. The van der Waals surface area contributed by atoms with Crippen LogP contribution in [-0.4, -0.2) is 34.7 Å². The standard InChI is InChI=1S/C15H19ClN4O/c16-13-5-3-12(4-6-13)15-18-14(19-21-15)10-20-7-1-2-11(8-17)9-20/h3-6,11H,1-2,7-10,17H2. The third-order valence-electron chi connectivity index (χ3n) is 3.86. The Morgan fingerprint density at radius 2 is 2.14 bits per heavy atom. The highest BCUT2D eigenvalue weighted by atomic mass is 35.5. The lowest BCUT2D eigenvalue weighted by Crippen LogP contribution is -2.38. The van der Waals surface area contributed by atoms with E-state index in [1.807, 2.05) is 24.3 Å². The molecule has 1 unspecified atom stereocenters. The molecule has 2 heterocycles. The Labute approximate surface area is 129 Å². The molecule has 1 fully saturated rings. The van der Waals surface area contributed by atoms with Crippen molar-refractivity contribution in [3.63, 3.8) is 0 Å². The maximum atomic E-state index is 5.88. The van der Waals surface area contributed by atoms with Gasteiger partial charge in [-0.2, -0.15) is 4.98 Å². The number of hydrogen-bond acceptors (Lipinski definition) is 5. The van der Waals surface area contributed by atoms with Gasteiger partial charge >= 0.3 is 0 Å². The Balaban J connectivity index is 1.66. The summed E-state index contributed by atoms with van der Waals surface area (Å²) in [7, 11) is 0. The highest BCUT2D eigenvalue weighted by molar-refractivity contribution is 6.30. The maximum Gasteiger partial charge on any atom is 0.257 e. The summed E-state index contributed by atoms with van der Waals surface area (Å²) in [5, 5.41) is 4.76. The van der Waals surface area contributed by atoms with E-state index in [0.29, 0.717) is 23.4 Å². The van der Waals surface area contributed by atoms with Crippen LogP contribution in [0.15, 0.2) is 28.8 Å². The summed E-state index contributed by atoms with van der Waals surface area (Å²) in [6.07, 6.45) is 2.40. The first kappa shape index (κ1) is 14.5. The molecular formula is C15H19ClN4O. The van der Waals surface area contributed by atoms with Crippen LogP contribution in [0, 0.1) is 5.92 Å². The summed E-state index contributed by atoms with van der Waals surface area (Å²) in [5.74, 6) is 1.84. The number of nitrogens with zero attached hydrogens (tertiary/aromatic N) is 3. The van der Waals surface area contributed by atoms with Crippen molar-refractivity contribution in [3.05, 3.63) is 35.1 Å². The fourth-order valence-electron chi connectivity index (χ4n) is 2.72. The van der Waals surface area contributed by atoms with Crippen molar-refractivity contribution in [3.8, 4) is 11.5 Å². The maximum absolute atomic E-state index is 5.88. The summed E-state index contributed by atoms with van der Waals surface area (Å²) in [6.45, 7) is 3.55. The normalized spacial score (nSPS) is 19.8. The number of benzene rings is 1. The van der Waals surface area contributed by atoms with E-state index in [4.69, 9.17) is 21.9 Å². The van der Waals surface area contributed by atoms with E-state index in [-0.39, 0.29) is 0 Å². The Hall–Kier alpha value is -1.43. The van der Waals surface area contributed by atoms with Gasteiger partial charge in [0.15, 0.2) is 5.82 Å². The SMILES string of the molecule is NCC1CCCN(Cc2noc(-c3ccc(Cl)cc3)n2)C1. The Morgan fingerprint density at radius 1 is 1.33 bits per heavy atom. The van der Waals surface area contributed by atoms with E-state index in [1.54, 1.807) is 0 Å². The number of hydrogen-bond donors (Lipinski definition) is 1. The van der Waals surface area contributed by atoms with Gasteiger partial charge in [-0.3, -0.25) is 4.90 Å². The van der Waals surface area contributed by atoms with Crippen LogP contribution in [-0.2, 0) is 6.54 Å². The van der Waals surface area contributed by atoms with E-state index in [0.717, 1.165) is 31.0 Å². The van der Waals surface area contributed by atoms with Gasteiger partial charge in [0.1, 0.15) is 0 Å². The number of piperidine rings is 1. The molecule has 0 spiro atoms. The first-order chi connectivity index (χ1) is 10.2. The minimum absolute atomic E-state index is 0.536. The second-order valence-corrected chi connectivity index (χ2v) is 5.94. The van der Waals surface area contributed by atoms with Crippen molar-refractivity contribution < 1.29 is 4.52 Å². The van der Waals surface area contributed by atoms with Crippen molar-refractivity contribution in [2.24, 2.45) is 11.7 Å². The number of rotatable bonds is 4. The molecule has 6 heteroatoms. The number of halogens is 1. The number of likely N-dealkylation sites (tertiary alicyclic amines) is 1. The van der Waals surface area contributed by atoms with Crippen LogP contribution < -0.4 is 5.73 Å². The smallest absolute Gasteiger partial charge is 0.257 e. The van der Waals surface area contributed by atoms with Crippen LogP contribution in [0.1, 0.15) is 18.7 Å². The quantitative estimate of drug-likeness (QED) is 0.940.